The Morgan fingerprint density at radius 1 is 1.40 bits per heavy atom. The minimum atomic E-state index is -0.275. The minimum absolute atomic E-state index is 0.275. The van der Waals surface area contributed by atoms with Crippen LogP contribution in [0.4, 0.5) is 4.39 Å². The number of halogens is 2. The summed E-state index contributed by atoms with van der Waals surface area (Å²) in [7, 11) is 4.14. The molecule has 112 valence electrons. The average Bonchev–Trinajstić information content (AvgIpc) is 2.52. The molecule has 1 aliphatic rings. The molecule has 5 heteroatoms. The zero-order valence-corrected chi connectivity index (χ0v) is 12.9. The van der Waals surface area contributed by atoms with Gasteiger partial charge in [0.25, 0.3) is 0 Å². The fraction of sp³-hybridized carbons (Fsp3) is 0.600. The van der Waals surface area contributed by atoms with Crippen LogP contribution in [0.1, 0.15) is 5.56 Å². The Labute approximate surface area is 125 Å². The van der Waals surface area contributed by atoms with E-state index in [-0.39, 0.29) is 5.82 Å². The van der Waals surface area contributed by atoms with Crippen LogP contribution in [0.15, 0.2) is 18.2 Å². The van der Waals surface area contributed by atoms with E-state index in [1.165, 1.54) is 6.07 Å². The first-order valence-electron chi connectivity index (χ1n) is 6.93. The predicted molar refractivity (Wildman–Crippen MR) is 79.6 cm³/mol. The quantitative estimate of drug-likeness (QED) is 0.850. The van der Waals surface area contributed by atoms with Crippen LogP contribution < -0.4 is 0 Å². The van der Waals surface area contributed by atoms with Crippen molar-refractivity contribution in [3.8, 4) is 0 Å². The summed E-state index contributed by atoms with van der Waals surface area (Å²) in [6.07, 6.45) is 0. The van der Waals surface area contributed by atoms with E-state index in [2.05, 4.69) is 23.9 Å². The second-order valence-electron chi connectivity index (χ2n) is 5.72. The van der Waals surface area contributed by atoms with Gasteiger partial charge in [0.05, 0.1) is 13.2 Å². The summed E-state index contributed by atoms with van der Waals surface area (Å²) in [5.41, 5.74) is 0.917. The molecule has 1 saturated heterocycles. The van der Waals surface area contributed by atoms with Gasteiger partial charge in [0, 0.05) is 37.1 Å². The molecule has 0 radical (unpaired) electrons. The molecule has 1 atom stereocenters. The Kier molecular flexibility index (Phi) is 5.78. The number of rotatable bonds is 4. The van der Waals surface area contributed by atoms with Crippen molar-refractivity contribution < 1.29 is 9.13 Å². The minimum Gasteiger partial charge on any atom is -0.380 e. The first-order valence-corrected chi connectivity index (χ1v) is 7.30. The average molecular weight is 301 g/mol. The van der Waals surface area contributed by atoms with Crippen molar-refractivity contribution >= 4 is 11.6 Å². The molecular formula is C15H22ClFN2O. The smallest absolute Gasteiger partial charge is 0.125 e. The SMILES string of the molecule is CN(C)C[C@@H]1COCCN(Cc2cc(F)cc(Cl)c2)C1. The lowest BCUT2D eigenvalue weighted by atomic mass is 10.1. The topological polar surface area (TPSA) is 15.7 Å². The van der Waals surface area contributed by atoms with E-state index >= 15 is 0 Å². The maximum absolute atomic E-state index is 13.4. The van der Waals surface area contributed by atoms with E-state index in [1.807, 2.05) is 6.07 Å². The molecule has 0 unspecified atom stereocenters. The third kappa shape index (κ3) is 5.02. The Morgan fingerprint density at radius 3 is 2.90 bits per heavy atom. The molecule has 1 aromatic rings. The van der Waals surface area contributed by atoms with Crippen molar-refractivity contribution in [3.05, 3.63) is 34.6 Å². The van der Waals surface area contributed by atoms with Gasteiger partial charge in [-0.05, 0) is 37.9 Å². The summed E-state index contributed by atoms with van der Waals surface area (Å²) >= 11 is 5.91. The summed E-state index contributed by atoms with van der Waals surface area (Å²) in [5.74, 6) is 0.208. The summed E-state index contributed by atoms with van der Waals surface area (Å²) in [4.78, 5) is 4.49. The Balaban J connectivity index is 1.99. The Hall–Kier alpha value is -0.680. The van der Waals surface area contributed by atoms with Crippen LogP contribution in [0.3, 0.4) is 0 Å². The highest BCUT2D eigenvalue weighted by molar-refractivity contribution is 6.30. The molecular weight excluding hydrogens is 279 g/mol. The molecule has 0 aliphatic carbocycles. The van der Waals surface area contributed by atoms with Crippen molar-refractivity contribution in [2.75, 3.05) is 46.9 Å². The van der Waals surface area contributed by atoms with Gasteiger partial charge in [0.2, 0.25) is 0 Å². The van der Waals surface area contributed by atoms with Crippen molar-refractivity contribution in [1.82, 2.24) is 9.80 Å². The summed E-state index contributed by atoms with van der Waals surface area (Å²) < 4.78 is 19.0. The summed E-state index contributed by atoms with van der Waals surface area (Å²) in [5, 5.41) is 0.455. The third-order valence-electron chi connectivity index (χ3n) is 3.37. The zero-order chi connectivity index (χ0) is 14.5. The molecule has 0 aromatic heterocycles. The van der Waals surface area contributed by atoms with Crippen molar-refractivity contribution in [2.24, 2.45) is 5.92 Å². The van der Waals surface area contributed by atoms with Gasteiger partial charge in [-0.3, -0.25) is 4.90 Å². The molecule has 0 N–H and O–H groups in total. The molecule has 1 heterocycles. The van der Waals surface area contributed by atoms with Crippen LogP contribution in [-0.4, -0.2) is 56.7 Å². The number of hydrogen-bond acceptors (Lipinski definition) is 3. The van der Waals surface area contributed by atoms with Crippen LogP contribution in [0.5, 0.6) is 0 Å². The molecule has 3 nitrogen and oxygen atoms in total. The highest BCUT2D eigenvalue weighted by atomic mass is 35.5. The maximum Gasteiger partial charge on any atom is 0.125 e. The van der Waals surface area contributed by atoms with Gasteiger partial charge < -0.3 is 9.64 Å². The van der Waals surface area contributed by atoms with Crippen LogP contribution in [-0.2, 0) is 11.3 Å². The molecule has 1 aliphatic heterocycles. The molecule has 0 spiro atoms. The number of benzene rings is 1. The zero-order valence-electron chi connectivity index (χ0n) is 12.1. The van der Waals surface area contributed by atoms with E-state index in [9.17, 15) is 4.39 Å². The van der Waals surface area contributed by atoms with Gasteiger partial charge >= 0.3 is 0 Å². The van der Waals surface area contributed by atoms with E-state index < -0.39 is 0 Å². The van der Waals surface area contributed by atoms with Gasteiger partial charge in [0.1, 0.15) is 5.82 Å². The van der Waals surface area contributed by atoms with Crippen LogP contribution in [0.2, 0.25) is 5.02 Å². The normalized spacial score (nSPS) is 21.1. The van der Waals surface area contributed by atoms with Crippen LogP contribution in [0.25, 0.3) is 0 Å². The molecule has 0 amide bonds. The van der Waals surface area contributed by atoms with Gasteiger partial charge in [-0.15, -0.1) is 0 Å². The van der Waals surface area contributed by atoms with Crippen molar-refractivity contribution in [3.63, 3.8) is 0 Å². The lowest BCUT2D eigenvalue weighted by Gasteiger charge is -2.25. The molecule has 0 saturated carbocycles. The lowest BCUT2D eigenvalue weighted by Crippen LogP contribution is -2.34. The largest absolute Gasteiger partial charge is 0.380 e. The fourth-order valence-electron chi connectivity index (χ4n) is 2.68. The van der Waals surface area contributed by atoms with Crippen molar-refractivity contribution in [2.45, 2.75) is 6.54 Å². The fourth-order valence-corrected chi connectivity index (χ4v) is 2.93. The van der Waals surface area contributed by atoms with Gasteiger partial charge in [0.15, 0.2) is 0 Å². The highest BCUT2D eigenvalue weighted by Gasteiger charge is 2.19. The third-order valence-corrected chi connectivity index (χ3v) is 3.59. The summed E-state index contributed by atoms with van der Waals surface area (Å²) in [6.45, 7) is 5.07. The molecule has 0 bridgehead atoms. The first kappa shape index (κ1) is 15.7. The van der Waals surface area contributed by atoms with E-state index in [0.29, 0.717) is 17.5 Å². The molecule has 1 fully saturated rings. The number of hydrogen-bond donors (Lipinski definition) is 0. The predicted octanol–water partition coefficient (Wildman–Crippen LogP) is 2.49. The molecule has 1 aromatic carbocycles. The number of nitrogens with zero attached hydrogens (tertiary/aromatic N) is 2. The first-order chi connectivity index (χ1) is 9.52. The Bertz CT molecular complexity index is 422. The van der Waals surface area contributed by atoms with Gasteiger partial charge in [-0.2, -0.15) is 0 Å². The molecule has 20 heavy (non-hydrogen) atoms. The lowest BCUT2D eigenvalue weighted by molar-refractivity contribution is 0.112. The second kappa shape index (κ2) is 7.36. The Morgan fingerprint density at radius 2 is 2.20 bits per heavy atom. The van der Waals surface area contributed by atoms with E-state index in [1.54, 1.807) is 6.07 Å². The van der Waals surface area contributed by atoms with Crippen LogP contribution in [0, 0.1) is 11.7 Å². The monoisotopic (exact) mass is 300 g/mol. The second-order valence-corrected chi connectivity index (χ2v) is 6.15. The molecule has 2 rings (SSSR count). The summed E-state index contributed by atoms with van der Waals surface area (Å²) in [6, 6.07) is 4.72. The van der Waals surface area contributed by atoms with Crippen LogP contribution >= 0.6 is 11.6 Å². The van der Waals surface area contributed by atoms with E-state index in [0.717, 1.165) is 38.4 Å². The van der Waals surface area contributed by atoms with E-state index in [4.69, 9.17) is 16.3 Å². The van der Waals surface area contributed by atoms with Crippen molar-refractivity contribution in [1.29, 1.82) is 0 Å². The maximum atomic E-state index is 13.4. The van der Waals surface area contributed by atoms with Gasteiger partial charge in [-0.25, -0.2) is 4.39 Å². The highest BCUT2D eigenvalue weighted by Crippen LogP contribution is 2.17. The number of ether oxygens (including phenoxy) is 1. The standard InChI is InChI=1S/C15H22ClFN2O/c1-18(2)8-13-10-19(3-4-20-11-13)9-12-5-14(16)7-15(17)6-12/h5-7,13H,3-4,8-11H2,1-2H3/t13-/m0/s1. The van der Waals surface area contributed by atoms with Gasteiger partial charge in [-0.1, -0.05) is 11.6 Å².